The van der Waals surface area contributed by atoms with E-state index < -0.39 is 0 Å². The zero-order chi connectivity index (χ0) is 19.1. The first-order valence-electron chi connectivity index (χ1n) is 8.34. The number of nitrogens with zero attached hydrogens (tertiary/aromatic N) is 2. The zero-order valence-corrected chi connectivity index (χ0v) is 16.3. The summed E-state index contributed by atoms with van der Waals surface area (Å²) < 4.78 is 12.3. The number of benzene rings is 2. The van der Waals surface area contributed by atoms with E-state index >= 15 is 0 Å². The van der Waals surface area contributed by atoms with Crippen LogP contribution in [-0.4, -0.2) is 23.8 Å². The Hall–Kier alpha value is -2.50. The van der Waals surface area contributed by atoms with Crippen LogP contribution >= 0.6 is 23.2 Å². The van der Waals surface area contributed by atoms with Crippen LogP contribution in [-0.2, 0) is 6.54 Å². The Morgan fingerprint density at radius 1 is 1.11 bits per heavy atom. The molecule has 0 aliphatic carbocycles. The molecule has 3 aromatic rings. The van der Waals surface area contributed by atoms with Gasteiger partial charge in [-0.3, -0.25) is 9.36 Å². The van der Waals surface area contributed by atoms with E-state index in [9.17, 15) is 4.79 Å². The topological polar surface area (TPSA) is 53.4 Å². The van der Waals surface area contributed by atoms with Crippen LogP contribution in [0.1, 0.15) is 17.8 Å². The van der Waals surface area contributed by atoms with Crippen molar-refractivity contribution in [3.63, 3.8) is 0 Å². The maximum absolute atomic E-state index is 12.8. The first kappa shape index (κ1) is 17.9. The molecule has 1 aromatic heterocycles. The summed E-state index contributed by atoms with van der Waals surface area (Å²) in [5.41, 5.74) is 2.24. The smallest absolute Gasteiger partial charge is 0.261 e. The van der Waals surface area contributed by atoms with Gasteiger partial charge in [-0.15, -0.1) is 0 Å². The second kappa shape index (κ2) is 6.91. The summed E-state index contributed by atoms with van der Waals surface area (Å²) in [5.74, 6) is 1.94. The van der Waals surface area contributed by atoms with Crippen LogP contribution in [0.15, 0.2) is 35.1 Å². The fourth-order valence-electron chi connectivity index (χ4n) is 3.33. The summed E-state index contributed by atoms with van der Waals surface area (Å²) in [7, 11) is 3.20. The van der Waals surface area contributed by atoms with Crippen molar-refractivity contribution in [2.24, 2.45) is 0 Å². The predicted molar refractivity (Wildman–Crippen MR) is 108 cm³/mol. The molecule has 1 aliphatic heterocycles. The SMILES string of the molecule is COc1ccc(/C=C2\CCn3c2nc2c(Cl)cc(Cl)cc2c3=O)cc1OC. The van der Waals surface area contributed by atoms with E-state index in [4.69, 9.17) is 32.7 Å². The number of methoxy groups -OCH3 is 2. The van der Waals surface area contributed by atoms with Gasteiger partial charge in [0.15, 0.2) is 11.5 Å². The summed E-state index contributed by atoms with van der Waals surface area (Å²) in [6, 6.07) is 8.88. The fraction of sp³-hybridized carbons (Fsp3) is 0.200. The zero-order valence-electron chi connectivity index (χ0n) is 14.8. The minimum Gasteiger partial charge on any atom is -0.493 e. The highest BCUT2D eigenvalue weighted by atomic mass is 35.5. The van der Waals surface area contributed by atoms with Gasteiger partial charge in [-0.1, -0.05) is 29.3 Å². The Bertz CT molecular complexity index is 1150. The van der Waals surface area contributed by atoms with E-state index in [1.807, 2.05) is 24.3 Å². The van der Waals surface area contributed by atoms with Gasteiger partial charge < -0.3 is 9.47 Å². The third kappa shape index (κ3) is 3.07. The molecule has 0 radical (unpaired) electrons. The summed E-state index contributed by atoms with van der Waals surface area (Å²) >= 11 is 12.3. The maximum atomic E-state index is 12.8. The second-order valence-electron chi connectivity index (χ2n) is 6.21. The molecule has 2 heterocycles. The van der Waals surface area contributed by atoms with Crippen molar-refractivity contribution >= 4 is 45.8 Å². The molecule has 0 spiro atoms. The molecular weight excluding hydrogens is 387 g/mol. The van der Waals surface area contributed by atoms with E-state index in [-0.39, 0.29) is 5.56 Å². The average Bonchev–Trinajstić information content (AvgIpc) is 3.05. The number of halogens is 2. The summed E-state index contributed by atoms with van der Waals surface area (Å²) in [4.78, 5) is 17.5. The lowest BCUT2D eigenvalue weighted by Gasteiger charge is -2.09. The van der Waals surface area contributed by atoms with Gasteiger partial charge in [0.05, 0.1) is 30.1 Å². The monoisotopic (exact) mass is 402 g/mol. The van der Waals surface area contributed by atoms with Gasteiger partial charge >= 0.3 is 0 Å². The third-order valence-corrected chi connectivity index (χ3v) is 5.12. The minimum absolute atomic E-state index is 0.130. The Morgan fingerprint density at radius 3 is 2.63 bits per heavy atom. The van der Waals surface area contributed by atoms with E-state index in [1.54, 1.807) is 30.9 Å². The Labute approximate surface area is 165 Å². The van der Waals surface area contributed by atoms with Crippen molar-refractivity contribution in [1.29, 1.82) is 0 Å². The van der Waals surface area contributed by atoms with Gasteiger partial charge in [-0.05, 0) is 47.9 Å². The largest absolute Gasteiger partial charge is 0.493 e. The molecule has 0 atom stereocenters. The molecule has 27 heavy (non-hydrogen) atoms. The molecule has 1 aliphatic rings. The lowest BCUT2D eigenvalue weighted by Crippen LogP contribution is -2.20. The van der Waals surface area contributed by atoms with E-state index in [0.717, 1.165) is 11.1 Å². The van der Waals surface area contributed by atoms with Crippen molar-refractivity contribution in [3.8, 4) is 11.5 Å². The molecule has 138 valence electrons. The van der Waals surface area contributed by atoms with Crippen LogP contribution in [0.4, 0.5) is 0 Å². The Morgan fingerprint density at radius 2 is 1.89 bits per heavy atom. The highest BCUT2D eigenvalue weighted by Crippen LogP contribution is 2.33. The van der Waals surface area contributed by atoms with Gasteiger partial charge in [0.2, 0.25) is 0 Å². The molecule has 5 nitrogen and oxygen atoms in total. The van der Waals surface area contributed by atoms with Gasteiger partial charge in [0.25, 0.3) is 5.56 Å². The number of allylic oxidation sites excluding steroid dienone is 1. The highest BCUT2D eigenvalue weighted by Gasteiger charge is 2.22. The number of fused-ring (bicyclic) bond motifs is 2. The van der Waals surface area contributed by atoms with E-state index in [1.165, 1.54) is 0 Å². The molecule has 0 amide bonds. The fourth-order valence-corrected chi connectivity index (χ4v) is 3.86. The molecule has 2 aromatic carbocycles. The average molecular weight is 403 g/mol. The molecular formula is C20H16Cl2N2O3. The molecule has 4 rings (SSSR count). The summed E-state index contributed by atoms with van der Waals surface area (Å²) in [6.45, 7) is 0.570. The minimum atomic E-state index is -0.130. The Kier molecular flexibility index (Phi) is 4.58. The van der Waals surface area contributed by atoms with Gasteiger partial charge in [-0.2, -0.15) is 0 Å². The van der Waals surface area contributed by atoms with E-state index in [0.29, 0.717) is 51.2 Å². The number of ether oxygens (including phenoxy) is 2. The molecule has 0 bridgehead atoms. The molecule has 0 saturated carbocycles. The lowest BCUT2D eigenvalue weighted by atomic mass is 10.1. The van der Waals surface area contributed by atoms with Crippen molar-refractivity contribution in [1.82, 2.24) is 9.55 Å². The number of hydrogen-bond acceptors (Lipinski definition) is 4. The predicted octanol–water partition coefficient (Wildman–Crippen LogP) is 4.66. The molecule has 0 unspecified atom stereocenters. The van der Waals surface area contributed by atoms with E-state index in [2.05, 4.69) is 4.98 Å². The molecule has 0 saturated heterocycles. The van der Waals surface area contributed by atoms with Crippen molar-refractivity contribution in [2.75, 3.05) is 14.2 Å². The normalized spacial score (nSPS) is 14.6. The van der Waals surface area contributed by atoms with Crippen molar-refractivity contribution in [3.05, 3.63) is 62.1 Å². The molecule has 0 fully saturated rings. The number of aromatic nitrogens is 2. The number of hydrogen-bond donors (Lipinski definition) is 0. The lowest BCUT2D eigenvalue weighted by molar-refractivity contribution is 0.355. The summed E-state index contributed by atoms with van der Waals surface area (Å²) in [6.07, 6.45) is 2.71. The highest BCUT2D eigenvalue weighted by molar-refractivity contribution is 6.38. The van der Waals surface area contributed by atoms with Crippen molar-refractivity contribution in [2.45, 2.75) is 13.0 Å². The van der Waals surface area contributed by atoms with Crippen LogP contribution < -0.4 is 15.0 Å². The standard InChI is InChI=1S/C20H16Cl2N2O3/c1-26-16-4-3-11(8-17(16)27-2)7-12-5-6-24-19(12)23-18-14(20(24)25)9-13(21)10-15(18)22/h3-4,7-10H,5-6H2,1-2H3/b12-7+. The van der Waals surface area contributed by atoms with Crippen LogP contribution in [0.5, 0.6) is 11.5 Å². The van der Waals surface area contributed by atoms with Crippen LogP contribution in [0, 0.1) is 0 Å². The van der Waals surface area contributed by atoms with Crippen LogP contribution in [0.25, 0.3) is 22.6 Å². The second-order valence-corrected chi connectivity index (χ2v) is 7.05. The van der Waals surface area contributed by atoms with Crippen LogP contribution in [0.2, 0.25) is 10.0 Å². The van der Waals surface area contributed by atoms with Gasteiger partial charge in [-0.25, -0.2) is 4.98 Å². The van der Waals surface area contributed by atoms with Crippen molar-refractivity contribution < 1.29 is 9.47 Å². The molecule has 0 N–H and O–H groups in total. The first-order chi connectivity index (χ1) is 13.0. The third-order valence-electron chi connectivity index (χ3n) is 4.62. The summed E-state index contributed by atoms with van der Waals surface area (Å²) in [5, 5.41) is 1.23. The maximum Gasteiger partial charge on any atom is 0.261 e. The van der Waals surface area contributed by atoms with Gasteiger partial charge in [0, 0.05) is 11.6 Å². The first-order valence-corrected chi connectivity index (χ1v) is 9.10. The number of rotatable bonds is 3. The van der Waals surface area contributed by atoms with Gasteiger partial charge in [0.1, 0.15) is 5.82 Å². The quantitative estimate of drug-likeness (QED) is 0.638. The van der Waals surface area contributed by atoms with Crippen LogP contribution in [0.3, 0.4) is 0 Å². The Balaban J connectivity index is 1.86. The molecule has 7 heteroatoms.